The zero-order valence-electron chi connectivity index (χ0n) is 27.6. The first-order valence-corrected chi connectivity index (χ1v) is 18.5. The molecule has 0 saturated heterocycles. The van der Waals surface area contributed by atoms with E-state index in [-0.39, 0.29) is 5.41 Å². The molecule has 0 bridgehead atoms. The second-order valence-electron chi connectivity index (χ2n) is 13.9. The van der Waals surface area contributed by atoms with E-state index in [2.05, 4.69) is 181 Å². The van der Waals surface area contributed by atoms with Gasteiger partial charge >= 0.3 is 0 Å². The number of hydrogen-bond acceptors (Lipinski definition) is 2. The number of anilines is 3. The van der Waals surface area contributed by atoms with Crippen LogP contribution in [0.1, 0.15) is 22.3 Å². The third kappa shape index (κ3) is 3.41. The average molecular weight is 664 g/mol. The minimum Gasteiger partial charge on any atom is -0.309 e. The van der Waals surface area contributed by atoms with Crippen molar-refractivity contribution in [3.05, 3.63) is 198 Å². The van der Waals surface area contributed by atoms with Gasteiger partial charge in [0, 0.05) is 37.0 Å². The third-order valence-corrected chi connectivity index (χ3v) is 12.9. The van der Waals surface area contributed by atoms with Gasteiger partial charge in [0.25, 0.3) is 0 Å². The van der Waals surface area contributed by atoms with Gasteiger partial charge in [-0.2, -0.15) is 0 Å². The summed E-state index contributed by atoms with van der Waals surface area (Å²) in [6.45, 7) is 0. The Morgan fingerprint density at radius 3 is 1.73 bits per heavy atom. The van der Waals surface area contributed by atoms with Crippen molar-refractivity contribution in [2.45, 2.75) is 5.41 Å². The van der Waals surface area contributed by atoms with Gasteiger partial charge in [0.2, 0.25) is 0 Å². The van der Waals surface area contributed by atoms with Crippen molar-refractivity contribution in [2.75, 3.05) is 4.90 Å². The lowest BCUT2D eigenvalue weighted by Gasteiger charge is -2.32. The minimum atomic E-state index is -0.380. The third-order valence-electron chi connectivity index (χ3n) is 11.6. The van der Waals surface area contributed by atoms with E-state index in [1.54, 1.807) is 0 Å². The van der Waals surface area contributed by atoms with Gasteiger partial charge in [-0.05, 0) is 86.0 Å². The van der Waals surface area contributed by atoms with Crippen LogP contribution in [0.5, 0.6) is 0 Å². The average Bonchev–Trinajstić information content (AvgIpc) is 3.80. The van der Waals surface area contributed by atoms with Gasteiger partial charge in [-0.25, -0.2) is 0 Å². The first-order chi connectivity index (χ1) is 25.3. The van der Waals surface area contributed by atoms with Gasteiger partial charge in [0.1, 0.15) is 0 Å². The number of benzene rings is 8. The number of rotatable bonds is 2. The molecule has 1 aromatic heterocycles. The molecule has 0 saturated carbocycles. The van der Waals surface area contributed by atoms with Crippen molar-refractivity contribution in [3.8, 4) is 44.5 Å². The lowest BCUT2D eigenvalue weighted by atomic mass is 9.70. The van der Waals surface area contributed by atoms with Crippen LogP contribution in [0.4, 0.5) is 17.1 Å². The SMILES string of the molecule is c1ccc2c(c1)-c1cccc3c1-c1c(cccc1C31c3ccccc3-c3ccccc31)N2c1ccc(-c2cccc3c2sc2ccccc23)cc1. The van der Waals surface area contributed by atoms with Crippen LogP contribution in [-0.2, 0) is 5.41 Å². The van der Waals surface area contributed by atoms with Crippen LogP contribution < -0.4 is 4.90 Å². The van der Waals surface area contributed by atoms with Crippen molar-refractivity contribution in [1.29, 1.82) is 0 Å². The van der Waals surface area contributed by atoms with Crippen molar-refractivity contribution in [1.82, 2.24) is 0 Å². The molecule has 3 aliphatic rings. The maximum Gasteiger partial charge on any atom is 0.0726 e. The molecule has 2 heterocycles. The van der Waals surface area contributed by atoms with Crippen LogP contribution in [0.2, 0.25) is 0 Å². The van der Waals surface area contributed by atoms with Gasteiger partial charge in [0.05, 0.1) is 16.8 Å². The van der Waals surface area contributed by atoms with E-state index in [0.717, 1.165) is 5.69 Å². The van der Waals surface area contributed by atoms with Crippen LogP contribution in [-0.4, -0.2) is 0 Å². The Balaban J connectivity index is 1.11. The fraction of sp³-hybridized carbons (Fsp3) is 0.0204. The molecule has 0 amide bonds. The zero-order chi connectivity index (χ0) is 33.3. The molecule has 2 aliphatic carbocycles. The molecule has 9 aromatic rings. The van der Waals surface area contributed by atoms with E-state index >= 15 is 0 Å². The Kier molecular flexibility index (Phi) is 5.38. The molecule has 0 atom stereocenters. The van der Waals surface area contributed by atoms with Crippen LogP contribution in [0.15, 0.2) is 176 Å². The van der Waals surface area contributed by atoms with Crippen molar-refractivity contribution < 1.29 is 0 Å². The van der Waals surface area contributed by atoms with Crippen LogP contribution >= 0.6 is 11.3 Å². The highest BCUT2D eigenvalue weighted by Gasteiger charge is 2.53. The molecular formula is C49H29NS. The topological polar surface area (TPSA) is 3.24 Å². The molecule has 1 aliphatic heterocycles. The molecule has 8 aromatic carbocycles. The summed E-state index contributed by atoms with van der Waals surface area (Å²) in [6.07, 6.45) is 0. The van der Waals surface area contributed by atoms with E-state index in [1.807, 2.05) is 11.3 Å². The van der Waals surface area contributed by atoms with E-state index in [4.69, 9.17) is 0 Å². The minimum absolute atomic E-state index is 0.380. The zero-order valence-corrected chi connectivity index (χ0v) is 28.4. The summed E-state index contributed by atoms with van der Waals surface area (Å²) < 4.78 is 2.68. The Hall–Kier alpha value is -6.22. The number of para-hydroxylation sites is 1. The summed E-state index contributed by atoms with van der Waals surface area (Å²) in [5, 5.41) is 2.66. The maximum atomic E-state index is 2.51. The summed E-state index contributed by atoms with van der Waals surface area (Å²) in [7, 11) is 0. The Labute approximate surface area is 300 Å². The Morgan fingerprint density at radius 2 is 0.922 bits per heavy atom. The quantitative estimate of drug-likeness (QED) is 0.178. The second-order valence-corrected chi connectivity index (χ2v) is 15.0. The number of fused-ring (bicyclic) bond motifs is 12. The highest BCUT2D eigenvalue weighted by atomic mass is 32.1. The fourth-order valence-electron chi connectivity index (χ4n) is 9.69. The second kappa shape index (κ2) is 9.94. The van der Waals surface area contributed by atoms with Gasteiger partial charge in [-0.1, -0.05) is 146 Å². The Bertz CT molecular complexity index is 2880. The molecule has 236 valence electrons. The molecule has 2 heteroatoms. The molecule has 0 fully saturated rings. The lowest BCUT2D eigenvalue weighted by molar-refractivity contribution is 0.794. The van der Waals surface area contributed by atoms with Gasteiger partial charge < -0.3 is 4.90 Å². The first-order valence-electron chi connectivity index (χ1n) is 17.7. The van der Waals surface area contributed by atoms with E-state index < -0.39 is 0 Å². The summed E-state index contributed by atoms with van der Waals surface area (Å²) in [5.74, 6) is 0. The molecule has 1 nitrogen and oxygen atoms in total. The van der Waals surface area contributed by atoms with Gasteiger partial charge in [0.15, 0.2) is 0 Å². The molecule has 0 N–H and O–H groups in total. The largest absolute Gasteiger partial charge is 0.309 e. The van der Waals surface area contributed by atoms with Crippen LogP contribution in [0, 0.1) is 0 Å². The monoisotopic (exact) mass is 663 g/mol. The van der Waals surface area contributed by atoms with E-state index in [1.165, 1.54) is 98.3 Å². The summed E-state index contributed by atoms with van der Waals surface area (Å²) in [6, 6.07) is 65.9. The maximum absolute atomic E-state index is 2.51. The molecule has 51 heavy (non-hydrogen) atoms. The predicted molar refractivity (Wildman–Crippen MR) is 215 cm³/mol. The van der Waals surface area contributed by atoms with E-state index in [9.17, 15) is 0 Å². The van der Waals surface area contributed by atoms with Crippen LogP contribution in [0.25, 0.3) is 64.7 Å². The molecule has 12 rings (SSSR count). The number of hydrogen-bond donors (Lipinski definition) is 0. The summed E-state index contributed by atoms with van der Waals surface area (Å²) in [5.41, 5.74) is 19.1. The summed E-state index contributed by atoms with van der Waals surface area (Å²) in [4.78, 5) is 2.51. The molecule has 0 radical (unpaired) electrons. The van der Waals surface area contributed by atoms with Gasteiger partial charge in [-0.15, -0.1) is 11.3 Å². The molecule has 0 unspecified atom stereocenters. The summed E-state index contributed by atoms with van der Waals surface area (Å²) >= 11 is 1.89. The molecule has 1 spiro atoms. The van der Waals surface area contributed by atoms with E-state index in [0.29, 0.717) is 0 Å². The Morgan fingerprint density at radius 1 is 0.373 bits per heavy atom. The van der Waals surface area contributed by atoms with Crippen molar-refractivity contribution in [2.24, 2.45) is 0 Å². The molecular weight excluding hydrogens is 635 g/mol. The predicted octanol–water partition coefficient (Wildman–Crippen LogP) is 13.5. The lowest BCUT2D eigenvalue weighted by Crippen LogP contribution is -2.26. The highest BCUT2D eigenvalue weighted by Crippen LogP contribution is 2.67. The first kappa shape index (κ1) is 27.6. The smallest absolute Gasteiger partial charge is 0.0726 e. The fourth-order valence-corrected chi connectivity index (χ4v) is 10.9. The number of thiophene rings is 1. The van der Waals surface area contributed by atoms with Gasteiger partial charge in [-0.3, -0.25) is 0 Å². The van der Waals surface area contributed by atoms with Crippen molar-refractivity contribution in [3.63, 3.8) is 0 Å². The standard InChI is InChI=1S/C49H29NS/c1-5-19-39-33(12-1)34-13-2-6-20-40(34)49(39)41-21-10-17-37-35-14-3-7-23-43(35)50(44-24-11-22-42(49)47(44)46(37)41)31-28-26-30(27-29-31)32-16-9-18-38-36-15-4-8-25-45(36)51-48(32)38/h1-29H. The highest BCUT2D eigenvalue weighted by molar-refractivity contribution is 7.26. The van der Waals surface area contributed by atoms with Crippen molar-refractivity contribution >= 4 is 48.6 Å². The number of nitrogens with zero attached hydrogens (tertiary/aromatic N) is 1. The normalized spacial score (nSPS) is 14.0. The van der Waals surface area contributed by atoms with Crippen LogP contribution in [0.3, 0.4) is 0 Å².